The molecule has 1 aromatic rings. The number of aliphatic imine (C=N–C) groups is 1. The summed E-state index contributed by atoms with van der Waals surface area (Å²) < 4.78 is 0.821. The lowest BCUT2D eigenvalue weighted by molar-refractivity contribution is -0.113. The zero-order chi connectivity index (χ0) is 10.7. The highest BCUT2D eigenvalue weighted by Gasteiger charge is 2.20. The number of rotatable bonds is 1. The van der Waals surface area contributed by atoms with Gasteiger partial charge in [-0.2, -0.15) is 4.99 Å². The van der Waals surface area contributed by atoms with Crippen LogP contribution in [0, 0.1) is 0 Å². The van der Waals surface area contributed by atoms with E-state index in [-0.39, 0.29) is 5.91 Å². The van der Waals surface area contributed by atoms with Crippen molar-refractivity contribution in [3.8, 4) is 0 Å². The van der Waals surface area contributed by atoms with Crippen LogP contribution in [-0.4, -0.2) is 16.5 Å². The molecular weight excluding hydrogens is 226 g/mol. The molecule has 0 saturated carbocycles. The third kappa shape index (κ3) is 2.52. The molecule has 0 aromatic heterocycles. The van der Waals surface area contributed by atoms with Crippen LogP contribution >= 0.6 is 23.5 Å². The van der Waals surface area contributed by atoms with Crippen molar-refractivity contribution in [2.75, 3.05) is 6.26 Å². The van der Waals surface area contributed by atoms with E-state index in [4.69, 9.17) is 0 Å². The molecule has 4 heteroatoms. The third-order valence-corrected chi connectivity index (χ3v) is 3.84. The van der Waals surface area contributed by atoms with Gasteiger partial charge in [0.2, 0.25) is 0 Å². The number of carbonyl (C=O) groups is 1. The van der Waals surface area contributed by atoms with E-state index in [9.17, 15) is 4.79 Å². The molecular formula is C11H9NOS2. The molecule has 0 saturated heterocycles. The first-order valence-corrected chi connectivity index (χ1v) is 6.45. The Hall–Kier alpha value is -1.00. The van der Waals surface area contributed by atoms with E-state index in [0.29, 0.717) is 4.91 Å². The number of amides is 1. The third-order valence-electron chi connectivity index (χ3n) is 1.87. The second-order valence-electron chi connectivity index (χ2n) is 2.91. The summed E-state index contributed by atoms with van der Waals surface area (Å²) >= 11 is 2.94. The van der Waals surface area contributed by atoms with Crippen LogP contribution in [0.4, 0.5) is 0 Å². The van der Waals surface area contributed by atoms with Crippen molar-refractivity contribution in [1.82, 2.24) is 0 Å². The normalized spacial score (nSPS) is 18.3. The molecule has 0 fully saturated rings. The van der Waals surface area contributed by atoms with Crippen molar-refractivity contribution >= 4 is 39.9 Å². The molecule has 0 N–H and O–H groups in total. The Morgan fingerprint density at radius 1 is 1.33 bits per heavy atom. The Kier molecular flexibility index (Phi) is 3.28. The second kappa shape index (κ2) is 4.68. The number of hydrogen-bond acceptors (Lipinski definition) is 3. The molecule has 0 unspecified atom stereocenters. The topological polar surface area (TPSA) is 29.4 Å². The van der Waals surface area contributed by atoms with Gasteiger partial charge in [-0.25, -0.2) is 0 Å². The molecule has 0 radical (unpaired) electrons. The van der Waals surface area contributed by atoms with E-state index in [2.05, 4.69) is 4.99 Å². The average molecular weight is 235 g/mol. The van der Waals surface area contributed by atoms with Gasteiger partial charge in [-0.1, -0.05) is 42.1 Å². The van der Waals surface area contributed by atoms with Gasteiger partial charge >= 0.3 is 0 Å². The second-order valence-corrected chi connectivity index (χ2v) is 4.99. The molecule has 1 aromatic carbocycles. The molecule has 2 nitrogen and oxygen atoms in total. The van der Waals surface area contributed by atoms with Gasteiger partial charge in [0.15, 0.2) is 0 Å². The number of hydrogen-bond donors (Lipinski definition) is 0. The first kappa shape index (κ1) is 10.5. The van der Waals surface area contributed by atoms with Gasteiger partial charge in [-0.15, -0.1) is 11.8 Å². The molecule has 0 bridgehead atoms. The number of thioether (sulfide) groups is 2. The lowest BCUT2D eigenvalue weighted by Crippen LogP contribution is -1.87. The molecule has 76 valence electrons. The molecule has 1 heterocycles. The lowest BCUT2D eigenvalue weighted by atomic mass is 10.2. The minimum Gasteiger partial charge on any atom is -0.266 e. The maximum Gasteiger partial charge on any atom is 0.285 e. The highest BCUT2D eigenvalue weighted by molar-refractivity contribution is 8.40. The fraction of sp³-hybridized carbons (Fsp3) is 0.0909. The van der Waals surface area contributed by atoms with E-state index < -0.39 is 0 Å². The van der Waals surface area contributed by atoms with Gasteiger partial charge in [-0.3, -0.25) is 4.79 Å². The first-order chi connectivity index (χ1) is 7.29. The van der Waals surface area contributed by atoms with Gasteiger partial charge in [0.05, 0.1) is 4.91 Å². The number of nitrogens with zero attached hydrogens (tertiary/aromatic N) is 1. The van der Waals surface area contributed by atoms with Gasteiger partial charge in [0.25, 0.3) is 5.91 Å². The van der Waals surface area contributed by atoms with Crippen molar-refractivity contribution < 1.29 is 4.79 Å². The van der Waals surface area contributed by atoms with Crippen molar-refractivity contribution in [2.45, 2.75) is 0 Å². The van der Waals surface area contributed by atoms with Crippen LogP contribution in [0.2, 0.25) is 0 Å². The highest BCUT2D eigenvalue weighted by Crippen LogP contribution is 2.32. The summed E-state index contributed by atoms with van der Waals surface area (Å²) in [6.07, 6.45) is 3.80. The number of benzene rings is 1. The van der Waals surface area contributed by atoms with Crippen LogP contribution in [0.3, 0.4) is 0 Å². The summed E-state index contributed by atoms with van der Waals surface area (Å²) in [6, 6.07) is 9.80. The van der Waals surface area contributed by atoms with E-state index in [1.807, 2.05) is 42.7 Å². The standard InChI is InChI=1S/C11H9NOS2/c1-14-11-12-10(13)9(15-11)7-8-5-3-2-4-6-8/h2-7H,1H3. The summed E-state index contributed by atoms with van der Waals surface area (Å²) in [5, 5.41) is 0. The quantitative estimate of drug-likeness (QED) is 0.701. The maximum atomic E-state index is 11.5. The van der Waals surface area contributed by atoms with Crippen LogP contribution < -0.4 is 0 Å². The molecule has 1 aliphatic rings. The Bertz CT molecular complexity index is 437. The zero-order valence-corrected chi connectivity index (χ0v) is 9.77. The molecule has 0 spiro atoms. The summed E-state index contributed by atoms with van der Waals surface area (Å²) in [5.41, 5.74) is 1.03. The highest BCUT2D eigenvalue weighted by atomic mass is 32.2. The fourth-order valence-corrected chi connectivity index (χ4v) is 2.60. The lowest BCUT2D eigenvalue weighted by Gasteiger charge is -1.94. The Labute approximate surface area is 96.9 Å². The summed E-state index contributed by atoms with van der Waals surface area (Å²) in [5.74, 6) is -0.131. The van der Waals surface area contributed by atoms with E-state index in [0.717, 1.165) is 9.94 Å². The smallest absolute Gasteiger partial charge is 0.266 e. The first-order valence-electron chi connectivity index (χ1n) is 4.41. The monoisotopic (exact) mass is 235 g/mol. The molecule has 0 atom stereocenters. The van der Waals surface area contributed by atoms with Crippen LogP contribution in [0.5, 0.6) is 0 Å². The van der Waals surface area contributed by atoms with Gasteiger partial charge in [0, 0.05) is 0 Å². The van der Waals surface area contributed by atoms with Gasteiger partial charge < -0.3 is 0 Å². The average Bonchev–Trinajstić information content (AvgIpc) is 2.61. The van der Waals surface area contributed by atoms with Gasteiger partial charge in [-0.05, 0) is 17.9 Å². The minimum atomic E-state index is -0.131. The predicted octanol–water partition coefficient (Wildman–Crippen LogP) is 3.02. The SMILES string of the molecule is CSC1=NC(=O)C(=Cc2ccccc2)S1. The summed E-state index contributed by atoms with van der Waals surface area (Å²) in [4.78, 5) is 16.1. The molecule has 1 amide bonds. The summed E-state index contributed by atoms with van der Waals surface area (Å²) in [7, 11) is 0. The van der Waals surface area contributed by atoms with E-state index in [1.54, 1.807) is 0 Å². The van der Waals surface area contributed by atoms with Crippen molar-refractivity contribution in [2.24, 2.45) is 4.99 Å². The van der Waals surface area contributed by atoms with Crippen LogP contribution in [-0.2, 0) is 4.79 Å². The van der Waals surface area contributed by atoms with Crippen molar-refractivity contribution in [1.29, 1.82) is 0 Å². The van der Waals surface area contributed by atoms with Crippen LogP contribution in [0.1, 0.15) is 5.56 Å². The Morgan fingerprint density at radius 2 is 2.07 bits per heavy atom. The fourth-order valence-electron chi connectivity index (χ4n) is 1.18. The van der Waals surface area contributed by atoms with Gasteiger partial charge in [0.1, 0.15) is 4.38 Å². The number of carbonyl (C=O) groups excluding carboxylic acids is 1. The van der Waals surface area contributed by atoms with Crippen LogP contribution in [0.15, 0.2) is 40.2 Å². The molecule has 1 aliphatic heterocycles. The molecule has 0 aliphatic carbocycles. The maximum absolute atomic E-state index is 11.5. The Balaban J connectivity index is 2.21. The molecule has 2 rings (SSSR count). The van der Waals surface area contributed by atoms with Crippen molar-refractivity contribution in [3.05, 3.63) is 40.8 Å². The summed E-state index contributed by atoms with van der Waals surface area (Å²) in [6.45, 7) is 0. The van der Waals surface area contributed by atoms with Crippen molar-refractivity contribution in [3.63, 3.8) is 0 Å². The predicted molar refractivity (Wildman–Crippen MR) is 68.0 cm³/mol. The van der Waals surface area contributed by atoms with Crippen LogP contribution in [0.25, 0.3) is 6.08 Å². The molecule has 15 heavy (non-hydrogen) atoms. The Morgan fingerprint density at radius 3 is 2.67 bits per heavy atom. The largest absolute Gasteiger partial charge is 0.285 e. The van der Waals surface area contributed by atoms with E-state index >= 15 is 0 Å². The zero-order valence-electron chi connectivity index (χ0n) is 8.14. The van der Waals surface area contributed by atoms with E-state index in [1.165, 1.54) is 23.5 Å². The minimum absolute atomic E-state index is 0.131.